The summed E-state index contributed by atoms with van der Waals surface area (Å²) in [6.07, 6.45) is 1.96. The van der Waals surface area contributed by atoms with Crippen LogP contribution in [0.2, 0.25) is 0 Å². The molecule has 23 heavy (non-hydrogen) atoms. The van der Waals surface area contributed by atoms with Gasteiger partial charge in [-0.25, -0.2) is 9.78 Å². The van der Waals surface area contributed by atoms with Crippen molar-refractivity contribution in [2.24, 2.45) is 0 Å². The molecule has 2 heterocycles. The van der Waals surface area contributed by atoms with E-state index in [1.165, 1.54) is 5.56 Å². The Morgan fingerprint density at radius 3 is 2.74 bits per heavy atom. The maximum atomic E-state index is 12.1. The molecule has 0 spiro atoms. The van der Waals surface area contributed by atoms with Gasteiger partial charge in [0.15, 0.2) is 0 Å². The second-order valence-electron chi connectivity index (χ2n) is 5.48. The molecule has 1 aromatic heterocycles. The largest absolute Gasteiger partial charge is 0.332 e. The Bertz CT molecular complexity index is 624. The lowest BCUT2D eigenvalue weighted by Gasteiger charge is -2.26. The van der Waals surface area contributed by atoms with Gasteiger partial charge in [-0.3, -0.25) is 0 Å². The third-order valence-electron chi connectivity index (χ3n) is 3.79. The number of rotatable bonds is 5. The van der Waals surface area contributed by atoms with Crippen molar-refractivity contribution in [1.82, 2.24) is 15.2 Å². The number of aryl methyl sites for hydroxylation is 2. The van der Waals surface area contributed by atoms with E-state index in [0.29, 0.717) is 6.54 Å². The van der Waals surface area contributed by atoms with E-state index in [1.807, 2.05) is 28.1 Å². The van der Waals surface area contributed by atoms with E-state index in [4.69, 9.17) is 0 Å². The van der Waals surface area contributed by atoms with E-state index < -0.39 is 0 Å². The summed E-state index contributed by atoms with van der Waals surface area (Å²) in [5.74, 6) is 2.07. The third-order valence-corrected chi connectivity index (χ3v) is 5.69. The topological polar surface area (TPSA) is 45.2 Å². The first kappa shape index (κ1) is 16.3. The Labute approximate surface area is 145 Å². The molecule has 6 heteroatoms. The molecule has 0 saturated carbocycles. The number of thioether (sulfide) groups is 1. The maximum Gasteiger partial charge on any atom is 0.317 e. The molecule has 0 aliphatic carbocycles. The lowest BCUT2D eigenvalue weighted by molar-refractivity contribution is 0.202. The fraction of sp³-hybridized carbons (Fsp3) is 0.412. The van der Waals surface area contributed by atoms with Gasteiger partial charge in [0.1, 0.15) is 0 Å². The number of benzene rings is 1. The van der Waals surface area contributed by atoms with Crippen LogP contribution in [0.15, 0.2) is 35.7 Å². The van der Waals surface area contributed by atoms with Crippen LogP contribution >= 0.6 is 23.1 Å². The molecule has 0 radical (unpaired) electrons. The number of carbonyl (C=O) groups excluding carboxylic acids is 1. The summed E-state index contributed by atoms with van der Waals surface area (Å²) in [5.41, 5.74) is 2.29. The lowest BCUT2D eigenvalue weighted by atomic mass is 10.1. The number of thiazole rings is 1. The molecule has 0 unspecified atom stereocenters. The van der Waals surface area contributed by atoms with Gasteiger partial charge < -0.3 is 10.2 Å². The number of urea groups is 1. The van der Waals surface area contributed by atoms with Crippen molar-refractivity contribution in [1.29, 1.82) is 0 Å². The van der Waals surface area contributed by atoms with Crippen molar-refractivity contribution in [3.8, 4) is 0 Å². The predicted molar refractivity (Wildman–Crippen MR) is 97.1 cm³/mol. The number of aromatic nitrogens is 1. The van der Waals surface area contributed by atoms with E-state index in [1.54, 1.807) is 11.3 Å². The second-order valence-corrected chi connectivity index (χ2v) is 7.64. The van der Waals surface area contributed by atoms with Gasteiger partial charge in [-0.05, 0) is 12.0 Å². The molecule has 2 amide bonds. The van der Waals surface area contributed by atoms with Crippen LogP contribution in [0.3, 0.4) is 0 Å². The van der Waals surface area contributed by atoms with Crippen molar-refractivity contribution in [3.05, 3.63) is 52.0 Å². The van der Waals surface area contributed by atoms with E-state index in [-0.39, 0.29) is 6.03 Å². The van der Waals surface area contributed by atoms with Gasteiger partial charge in [-0.1, -0.05) is 30.3 Å². The first-order valence-corrected chi connectivity index (χ1v) is 9.92. The normalized spacial score (nSPS) is 14.7. The highest BCUT2D eigenvalue weighted by molar-refractivity contribution is 7.99. The molecule has 1 saturated heterocycles. The van der Waals surface area contributed by atoms with Gasteiger partial charge >= 0.3 is 6.03 Å². The minimum atomic E-state index is 0.0316. The summed E-state index contributed by atoms with van der Waals surface area (Å²) >= 11 is 3.58. The van der Waals surface area contributed by atoms with E-state index in [0.717, 1.165) is 48.1 Å². The average Bonchev–Trinajstić information content (AvgIpc) is 3.07. The molecular weight excluding hydrogens is 326 g/mol. The Hall–Kier alpha value is -1.53. The first-order chi connectivity index (χ1) is 11.3. The number of carbonyl (C=O) groups is 1. The summed E-state index contributed by atoms with van der Waals surface area (Å²) in [6, 6.07) is 10.5. The van der Waals surface area contributed by atoms with Crippen molar-refractivity contribution in [2.45, 2.75) is 19.4 Å². The van der Waals surface area contributed by atoms with Crippen molar-refractivity contribution >= 4 is 29.1 Å². The molecule has 0 bridgehead atoms. The number of nitrogens with zero attached hydrogens (tertiary/aromatic N) is 2. The molecule has 1 fully saturated rings. The Morgan fingerprint density at radius 1 is 1.17 bits per heavy atom. The SMILES string of the molecule is O=C(NCc1csc(CCc2ccccc2)n1)N1CCSCC1. The number of nitrogens with one attached hydrogen (secondary N) is 1. The van der Waals surface area contributed by atoms with Crippen LogP contribution in [0, 0.1) is 0 Å². The molecular formula is C17H21N3OS2. The molecule has 1 aliphatic rings. The molecule has 1 aromatic carbocycles. The standard InChI is InChI=1S/C17H21N3OS2/c21-17(20-8-10-22-11-9-20)18-12-15-13-23-16(19-15)7-6-14-4-2-1-3-5-14/h1-5,13H,6-12H2,(H,18,21). The molecule has 0 atom stereocenters. The summed E-state index contributed by atoms with van der Waals surface area (Å²) in [7, 11) is 0. The third kappa shape index (κ3) is 4.97. The molecule has 3 rings (SSSR count). The zero-order valence-corrected chi connectivity index (χ0v) is 14.7. The van der Waals surface area contributed by atoms with Gasteiger partial charge in [0.05, 0.1) is 17.2 Å². The Balaban J connectivity index is 1.44. The van der Waals surface area contributed by atoms with Crippen LogP contribution in [0.25, 0.3) is 0 Å². The van der Waals surface area contributed by atoms with Gasteiger partial charge in [-0.15, -0.1) is 11.3 Å². The van der Waals surface area contributed by atoms with Crippen molar-refractivity contribution < 1.29 is 4.79 Å². The molecule has 2 aromatic rings. The minimum absolute atomic E-state index is 0.0316. The second kappa shape index (κ2) is 8.36. The number of hydrogen-bond acceptors (Lipinski definition) is 4. The lowest BCUT2D eigenvalue weighted by Crippen LogP contribution is -2.44. The number of amides is 2. The fourth-order valence-electron chi connectivity index (χ4n) is 2.49. The van der Waals surface area contributed by atoms with Crippen molar-refractivity contribution in [3.63, 3.8) is 0 Å². The predicted octanol–water partition coefficient (Wildman–Crippen LogP) is 3.19. The zero-order valence-electron chi connectivity index (χ0n) is 13.0. The van der Waals surface area contributed by atoms with Gasteiger partial charge in [0, 0.05) is 36.4 Å². The van der Waals surface area contributed by atoms with Crippen LogP contribution < -0.4 is 5.32 Å². The Morgan fingerprint density at radius 2 is 1.96 bits per heavy atom. The summed E-state index contributed by atoms with van der Waals surface area (Å²) < 4.78 is 0. The van der Waals surface area contributed by atoms with Crippen LogP contribution in [-0.2, 0) is 19.4 Å². The van der Waals surface area contributed by atoms with Crippen LogP contribution in [0.4, 0.5) is 4.79 Å². The highest BCUT2D eigenvalue weighted by Gasteiger charge is 2.16. The number of hydrogen-bond donors (Lipinski definition) is 1. The molecule has 1 N–H and O–H groups in total. The van der Waals surface area contributed by atoms with Gasteiger partial charge in [-0.2, -0.15) is 11.8 Å². The zero-order chi connectivity index (χ0) is 15.9. The summed E-state index contributed by atoms with van der Waals surface area (Å²) in [4.78, 5) is 18.6. The maximum absolute atomic E-state index is 12.1. The van der Waals surface area contributed by atoms with Crippen LogP contribution in [0.5, 0.6) is 0 Å². The minimum Gasteiger partial charge on any atom is -0.332 e. The van der Waals surface area contributed by atoms with Gasteiger partial charge in [0.2, 0.25) is 0 Å². The van der Waals surface area contributed by atoms with Crippen LogP contribution in [-0.4, -0.2) is 40.5 Å². The highest BCUT2D eigenvalue weighted by atomic mass is 32.2. The molecule has 1 aliphatic heterocycles. The molecule has 4 nitrogen and oxygen atoms in total. The fourth-order valence-corrected chi connectivity index (χ4v) is 4.19. The van der Waals surface area contributed by atoms with Crippen LogP contribution in [0.1, 0.15) is 16.3 Å². The average molecular weight is 348 g/mol. The monoisotopic (exact) mass is 347 g/mol. The highest BCUT2D eigenvalue weighted by Crippen LogP contribution is 2.14. The summed E-state index contributed by atoms with van der Waals surface area (Å²) in [5, 5.41) is 6.16. The quantitative estimate of drug-likeness (QED) is 0.903. The van der Waals surface area contributed by atoms with Gasteiger partial charge in [0.25, 0.3) is 0 Å². The van der Waals surface area contributed by atoms with Crippen molar-refractivity contribution in [2.75, 3.05) is 24.6 Å². The molecule has 122 valence electrons. The van der Waals surface area contributed by atoms with E-state index in [2.05, 4.69) is 34.6 Å². The van der Waals surface area contributed by atoms with E-state index >= 15 is 0 Å². The smallest absolute Gasteiger partial charge is 0.317 e. The van der Waals surface area contributed by atoms with E-state index in [9.17, 15) is 4.79 Å². The summed E-state index contributed by atoms with van der Waals surface area (Å²) in [6.45, 7) is 2.20. The Kier molecular flexibility index (Phi) is 5.93. The first-order valence-electron chi connectivity index (χ1n) is 7.89.